The van der Waals surface area contributed by atoms with E-state index in [0.29, 0.717) is 41.0 Å². The summed E-state index contributed by atoms with van der Waals surface area (Å²) in [5.41, 5.74) is 2.13. The van der Waals surface area contributed by atoms with Crippen molar-refractivity contribution in [2.24, 2.45) is 4.99 Å². The number of ether oxygens (including phenoxy) is 4. The first-order chi connectivity index (χ1) is 13.2. The monoisotopic (exact) mass is 366 g/mol. The van der Waals surface area contributed by atoms with Crippen LogP contribution in [-0.2, 0) is 11.2 Å². The fourth-order valence-corrected chi connectivity index (χ4v) is 2.95. The zero-order valence-electron chi connectivity index (χ0n) is 14.9. The second kappa shape index (κ2) is 7.03. The van der Waals surface area contributed by atoms with Crippen LogP contribution in [0.3, 0.4) is 0 Å². The van der Waals surface area contributed by atoms with Gasteiger partial charge in [-0.25, -0.2) is 4.99 Å². The number of benzene rings is 2. The Labute approximate surface area is 156 Å². The van der Waals surface area contributed by atoms with Crippen LogP contribution in [0, 0.1) is 0 Å². The first-order valence-corrected chi connectivity index (χ1v) is 8.37. The normalized spacial score (nSPS) is 16.3. The molecule has 138 valence electrons. The maximum absolute atomic E-state index is 12.2. The number of amides is 1. The zero-order valence-corrected chi connectivity index (χ0v) is 14.9. The lowest BCUT2D eigenvalue weighted by Gasteiger charge is -2.09. The van der Waals surface area contributed by atoms with Crippen molar-refractivity contribution in [3.8, 4) is 23.0 Å². The average molecular weight is 366 g/mol. The molecule has 1 N–H and O–H groups in total. The highest BCUT2D eigenvalue weighted by molar-refractivity contribution is 6.14. The molecule has 2 aliphatic rings. The number of rotatable bonds is 5. The van der Waals surface area contributed by atoms with E-state index in [4.69, 9.17) is 18.9 Å². The third-order valence-electron chi connectivity index (χ3n) is 4.27. The van der Waals surface area contributed by atoms with Gasteiger partial charge in [0.15, 0.2) is 23.0 Å². The van der Waals surface area contributed by atoms with Crippen molar-refractivity contribution in [1.29, 1.82) is 0 Å². The van der Waals surface area contributed by atoms with Gasteiger partial charge in [0.25, 0.3) is 5.91 Å². The molecule has 4 rings (SSSR count). The molecule has 0 atom stereocenters. The van der Waals surface area contributed by atoms with Crippen molar-refractivity contribution in [3.05, 3.63) is 53.2 Å². The number of aliphatic imine (C=N–C) groups is 1. The van der Waals surface area contributed by atoms with Crippen LogP contribution in [0.2, 0.25) is 0 Å². The Morgan fingerprint density at radius 1 is 1.07 bits per heavy atom. The van der Waals surface area contributed by atoms with E-state index in [2.05, 4.69) is 10.3 Å². The summed E-state index contributed by atoms with van der Waals surface area (Å²) < 4.78 is 21.2. The number of methoxy groups -OCH3 is 2. The minimum atomic E-state index is -0.233. The van der Waals surface area contributed by atoms with Gasteiger partial charge in [-0.2, -0.15) is 0 Å². The van der Waals surface area contributed by atoms with Crippen LogP contribution in [0.25, 0.3) is 6.08 Å². The summed E-state index contributed by atoms with van der Waals surface area (Å²) in [5, 5.41) is 2.81. The molecule has 0 aromatic heterocycles. The minimum absolute atomic E-state index is 0.212. The van der Waals surface area contributed by atoms with E-state index in [0.717, 1.165) is 11.1 Å². The summed E-state index contributed by atoms with van der Waals surface area (Å²) in [6.07, 6.45) is 2.20. The number of amidine groups is 1. The summed E-state index contributed by atoms with van der Waals surface area (Å²) in [4.78, 5) is 16.7. The lowest BCUT2D eigenvalue weighted by Crippen LogP contribution is -2.25. The molecule has 0 aliphatic carbocycles. The van der Waals surface area contributed by atoms with Crippen LogP contribution < -0.4 is 24.3 Å². The molecule has 2 aliphatic heterocycles. The van der Waals surface area contributed by atoms with Crippen LogP contribution in [0.4, 0.5) is 0 Å². The number of hydrogen-bond donors (Lipinski definition) is 1. The molecule has 7 heteroatoms. The van der Waals surface area contributed by atoms with E-state index in [1.54, 1.807) is 20.3 Å². The van der Waals surface area contributed by atoms with E-state index in [-0.39, 0.29) is 12.7 Å². The van der Waals surface area contributed by atoms with Gasteiger partial charge >= 0.3 is 0 Å². The predicted molar refractivity (Wildman–Crippen MR) is 99.4 cm³/mol. The molecule has 0 saturated carbocycles. The highest BCUT2D eigenvalue weighted by atomic mass is 16.7. The second-order valence-corrected chi connectivity index (χ2v) is 6.02. The number of hydrogen-bond acceptors (Lipinski definition) is 6. The molecule has 0 spiro atoms. The molecule has 2 aromatic carbocycles. The number of carbonyl (C=O) groups excluding carboxylic acids is 1. The molecule has 2 aromatic rings. The summed E-state index contributed by atoms with van der Waals surface area (Å²) in [6, 6.07) is 11.1. The molecule has 27 heavy (non-hydrogen) atoms. The van der Waals surface area contributed by atoms with Crippen molar-refractivity contribution < 1.29 is 23.7 Å². The third-order valence-corrected chi connectivity index (χ3v) is 4.27. The Bertz CT molecular complexity index is 965. The number of nitrogens with zero attached hydrogens (tertiary/aromatic N) is 1. The first kappa shape index (κ1) is 17.0. The van der Waals surface area contributed by atoms with Gasteiger partial charge in [0.05, 0.1) is 14.2 Å². The van der Waals surface area contributed by atoms with Gasteiger partial charge in [0.2, 0.25) is 6.79 Å². The van der Waals surface area contributed by atoms with Gasteiger partial charge in [-0.3, -0.25) is 4.79 Å². The quantitative estimate of drug-likeness (QED) is 0.823. The SMILES string of the molecule is COc1ccc(CC2=N/C(=C/c3ccc4c(c3)OCO4)C(=O)N2)cc1OC. The fraction of sp³-hybridized carbons (Fsp3) is 0.200. The third kappa shape index (κ3) is 3.44. The molecular formula is C20H18N2O5. The molecule has 0 unspecified atom stereocenters. The van der Waals surface area contributed by atoms with E-state index in [1.807, 2.05) is 36.4 Å². The molecule has 7 nitrogen and oxygen atoms in total. The molecule has 1 amide bonds. The van der Waals surface area contributed by atoms with Crippen LogP contribution >= 0.6 is 0 Å². The van der Waals surface area contributed by atoms with Crippen molar-refractivity contribution in [3.63, 3.8) is 0 Å². The van der Waals surface area contributed by atoms with E-state index < -0.39 is 0 Å². The molecule has 0 bridgehead atoms. The highest BCUT2D eigenvalue weighted by Crippen LogP contribution is 2.33. The largest absolute Gasteiger partial charge is 0.493 e. The van der Waals surface area contributed by atoms with E-state index in [1.165, 1.54) is 0 Å². The van der Waals surface area contributed by atoms with Crippen molar-refractivity contribution in [2.45, 2.75) is 6.42 Å². The van der Waals surface area contributed by atoms with Gasteiger partial charge in [-0.05, 0) is 41.5 Å². The topological polar surface area (TPSA) is 78.4 Å². The standard InChI is InChI=1S/C20H18N2O5/c1-24-15-5-3-13(8-17(15)25-2)10-19-21-14(20(23)22-19)7-12-4-6-16-18(9-12)27-11-26-16/h3-9H,10-11H2,1-2H3,(H,21,22,23)/b14-7+. The number of carbonyl (C=O) groups is 1. The zero-order chi connectivity index (χ0) is 18.8. The number of fused-ring (bicyclic) bond motifs is 1. The van der Waals surface area contributed by atoms with Gasteiger partial charge in [-0.15, -0.1) is 0 Å². The first-order valence-electron chi connectivity index (χ1n) is 8.37. The molecule has 0 saturated heterocycles. The second-order valence-electron chi connectivity index (χ2n) is 6.02. The van der Waals surface area contributed by atoms with Crippen LogP contribution in [-0.4, -0.2) is 32.8 Å². The Morgan fingerprint density at radius 2 is 1.89 bits per heavy atom. The van der Waals surface area contributed by atoms with Gasteiger partial charge < -0.3 is 24.3 Å². The van der Waals surface area contributed by atoms with Crippen LogP contribution in [0.1, 0.15) is 11.1 Å². The van der Waals surface area contributed by atoms with Crippen LogP contribution in [0.5, 0.6) is 23.0 Å². The minimum Gasteiger partial charge on any atom is -0.493 e. The molecule has 0 radical (unpaired) electrons. The fourth-order valence-electron chi connectivity index (χ4n) is 2.95. The smallest absolute Gasteiger partial charge is 0.275 e. The molecular weight excluding hydrogens is 348 g/mol. The van der Waals surface area contributed by atoms with E-state index in [9.17, 15) is 4.79 Å². The van der Waals surface area contributed by atoms with Crippen molar-refractivity contribution >= 4 is 17.8 Å². The van der Waals surface area contributed by atoms with Gasteiger partial charge in [-0.1, -0.05) is 12.1 Å². The lowest BCUT2D eigenvalue weighted by atomic mass is 10.1. The summed E-state index contributed by atoms with van der Waals surface area (Å²) in [6.45, 7) is 0.212. The summed E-state index contributed by atoms with van der Waals surface area (Å²) >= 11 is 0. The maximum Gasteiger partial charge on any atom is 0.275 e. The molecule has 2 heterocycles. The highest BCUT2D eigenvalue weighted by Gasteiger charge is 2.21. The van der Waals surface area contributed by atoms with Gasteiger partial charge in [0, 0.05) is 6.42 Å². The molecule has 0 fully saturated rings. The van der Waals surface area contributed by atoms with Crippen molar-refractivity contribution in [2.75, 3.05) is 21.0 Å². The Hall–Kier alpha value is -3.48. The lowest BCUT2D eigenvalue weighted by molar-refractivity contribution is -0.115. The van der Waals surface area contributed by atoms with E-state index >= 15 is 0 Å². The summed E-state index contributed by atoms with van der Waals surface area (Å²) in [7, 11) is 3.18. The Kier molecular flexibility index (Phi) is 4.42. The van der Waals surface area contributed by atoms with Crippen molar-refractivity contribution in [1.82, 2.24) is 5.32 Å². The van der Waals surface area contributed by atoms with Gasteiger partial charge in [0.1, 0.15) is 11.5 Å². The predicted octanol–water partition coefficient (Wildman–Crippen LogP) is 2.54. The summed E-state index contributed by atoms with van der Waals surface area (Å²) in [5.74, 6) is 3.00. The number of nitrogens with one attached hydrogen (secondary N) is 1. The van der Waals surface area contributed by atoms with Crippen LogP contribution in [0.15, 0.2) is 47.1 Å². The average Bonchev–Trinajstić information content (AvgIpc) is 3.27. The Balaban J connectivity index is 1.54. The Morgan fingerprint density at radius 3 is 2.70 bits per heavy atom. The maximum atomic E-state index is 12.2.